The van der Waals surface area contributed by atoms with Crippen LogP contribution < -0.4 is 10.5 Å². The summed E-state index contributed by atoms with van der Waals surface area (Å²) in [7, 11) is 1.56. The van der Waals surface area contributed by atoms with Crippen molar-refractivity contribution in [2.75, 3.05) is 7.11 Å². The fourth-order valence-electron chi connectivity index (χ4n) is 1.99. The highest BCUT2D eigenvalue weighted by molar-refractivity contribution is 5.29. The first-order valence-corrected chi connectivity index (χ1v) is 6.35. The van der Waals surface area contributed by atoms with Crippen LogP contribution in [-0.4, -0.2) is 16.9 Å². The van der Waals surface area contributed by atoms with Gasteiger partial charge in [-0.1, -0.05) is 12.1 Å². The molecule has 4 nitrogen and oxygen atoms in total. The molecule has 0 bridgehead atoms. The Hall–Kier alpha value is -2.02. The molecule has 0 aliphatic carbocycles. The summed E-state index contributed by atoms with van der Waals surface area (Å²) in [6.45, 7) is 1.72. The maximum Gasteiger partial charge on any atom is 0.435 e. The van der Waals surface area contributed by atoms with Crippen molar-refractivity contribution in [1.29, 1.82) is 0 Å². The van der Waals surface area contributed by atoms with Gasteiger partial charge in [-0.3, -0.25) is 4.68 Å². The van der Waals surface area contributed by atoms with Crippen molar-refractivity contribution >= 4 is 0 Å². The molecule has 1 heterocycles. The Labute approximate surface area is 120 Å². The number of nitrogens with two attached hydrogens (primary N) is 1. The summed E-state index contributed by atoms with van der Waals surface area (Å²) in [5, 5.41) is 3.55. The van der Waals surface area contributed by atoms with Crippen LogP contribution in [0.25, 0.3) is 0 Å². The van der Waals surface area contributed by atoms with E-state index < -0.39 is 24.0 Å². The van der Waals surface area contributed by atoms with Gasteiger partial charge in [-0.15, -0.1) is 0 Å². The monoisotopic (exact) mass is 299 g/mol. The fourth-order valence-corrected chi connectivity index (χ4v) is 1.99. The summed E-state index contributed by atoms with van der Waals surface area (Å²) < 4.78 is 43.9. The SMILES string of the molecule is COc1ccc(C(N)C(C)n2ccc(C(F)(F)F)n2)cc1. The van der Waals surface area contributed by atoms with Gasteiger partial charge in [0.05, 0.1) is 19.2 Å². The first-order chi connectivity index (χ1) is 9.82. The van der Waals surface area contributed by atoms with Gasteiger partial charge in [0.1, 0.15) is 5.75 Å². The fraction of sp³-hybridized carbons (Fsp3) is 0.357. The lowest BCUT2D eigenvalue weighted by atomic mass is 10.0. The van der Waals surface area contributed by atoms with E-state index in [1.807, 2.05) is 0 Å². The van der Waals surface area contributed by atoms with Crippen molar-refractivity contribution < 1.29 is 17.9 Å². The van der Waals surface area contributed by atoms with Crippen molar-refractivity contribution in [1.82, 2.24) is 9.78 Å². The van der Waals surface area contributed by atoms with Gasteiger partial charge in [-0.25, -0.2) is 0 Å². The van der Waals surface area contributed by atoms with Crippen LogP contribution in [0.2, 0.25) is 0 Å². The first kappa shape index (κ1) is 15.4. The van der Waals surface area contributed by atoms with Gasteiger partial charge in [0.2, 0.25) is 0 Å². The zero-order valence-electron chi connectivity index (χ0n) is 11.6. The average Bonchev–Trinajstić information content (AvgIpc) is 2.95. The second-order valence-electron chi connectivity index (χ2n) is 4.72. The summed E-state index contributed by atoms with van der Waals surface area (Å²) in [6, 6.07) is 7.14. The van der Waals surface area contributed by atoms with Crippen molar-refractivity contribution in [3.05, 3.63) is 47.8 Å². The number of hydrogen-bond donors (Lipinski definition) is 1. The second-order valence-corrected chi connectivity index (χ2v) is 4.72. The minimum Gasteiger partial charge on any atom is -0.497 e. The molecule has 0 aliphatic rings. The molecule has 0 aliphatic heterocycles. The van der Waals surface area contributed by atoms with Crippen molar-refractivity contribution in [2.45, 2.75) is 25.2 Å². The molecule has 114 valence electrons. The average molecular weight is 299 g/mol. The van der Waals surface area contributed by atoms with E-state index >= 15 is 0 Å². The Morgan fingerprint density at radius 2 is 1.81 bits per heavy atom. The van der Waals surface area contributed by atoms with Crippen LogP contribution in [0.3, 0.4) is 0 Å². The molecule has 0 amide bonds. The molecule has 2 rings (SSSR count). The standard InChI is InChI=1S/C14H16F3N3O/c1-9(20-8-7-12(19-20)14(15,16)17)13(18)10-3-5-11(21-2)6-4-10/h3-9,13H,18H2,1-2H3. The molecule has 0 saturated carbocycles. The van der Waals surface area contributed by atoms with Crippen LogP contribution in [0.15, 0.2) is 36.5 Å². The number of aromatic nitrogens is 2. The topological polar surface area (TPSA) is 53.1 Å². The highest BCUT2D eigenvalue weighted by atomic mass is 19.4. The number of ether oxygens (including phenoxy) is 1. The molecule has 2 N–H and O–H groups in total. The van der Waals surface area contributed by atoms with Gasteiger partial charge in [0, 0.05) is 6.20 Å². The zero-order chi connectivity index (χ0) is 15.6. The maximum atomic E-state index is 12.6. The summed E-state index contributed by atoms with van der Waals surface area (Å²) in [5.74, 6) is 0.692. The Balaban J connectivity index is 2.18. The highest BCUT2D eigenvalue weighted by Gasteiger charge is 2.34. The molecule has 1 aromatic carbocycles. The molecule has 2 aromatic rings. The van der Waals surface area contributed by atoms with E-state index in [-0.39, 0.29) is 0 Å². The summed E-state index contributed by atoms with van der Waals surface area (Å²) in [5.41, 5.74) is 5.98. The Kier molecular flexibility index (Phi) is 4.22. The number of alkyl halides is 3. The Morgan fingerprint density at radius 1 is 1.19 bits per heavy atom. The molecule has 2 atom stereocenters. The molecular weight excluding hydrogens is 283 g/mol. The van der Waals surface area contributed by atoms with E-state index in [0.29, 0.717) is 5.75 Å². The maximum absolute atomic E-state index is 12.6. The molecular formula is C14H16F3N3O. The molecule has 7 heteroatoms. The molecule has 0 spiro atoms. The lowest BCUT2D eigenvalue weighted by Gasteiger charge is -2.21. The Bertz CT molecular complexity index is 592. The van der Waals surface area contributed by atoms with Crippen LogP contribution in [-0.2, 0) is 6.18 Å². The number of halogens is 3. The third-order valence-electron chi connectivity index (χ3n) is 3.34. The van der Waals surface area contributed by atoms with E-state index in [0.717, 1.165) is 11.6 Å². The van der Waals surface area contributed by atoms with E-state index in [1.165, 1.54) is 10.9 Å². The van der Waals surface area contributed by atoms with E-state index in [9.17, 15) is 13.2 Å². The predicted molar refractivity (Wildman–Crippen MR) is 71.9 cm³/mol. The minimum absolute atomic E-state index is 0.408. The smallest absolute Gasteiger partial charge is 0.435 e. The van der Waals surface area contributed by atoms with Crippen LogP contribution >= 0.6 is 0 Å². The van der Waals surface area contributed by atoms with Gasteiger partial charge in [0.15, 0.2) is 5.69 Å². The molecule has 21 heavy (non-hydrogen) atoms. The first-order valence-electron chi connectivity index (χ1n) is 6.35. The second kappa shape index (κ2) is 5.77. The van der Waals surface area contributed by atoms with Gasteiger partial charge in [-0.2, -0.15) is 18.3 Å². The highest BCUT2D eigenvalue weighted by Crippen LogP contribution is 2.30. The minimum atomic E-state index is -4.45. The predicted octanol–water partition coefficient (Wildman–Crippen LogP) is 3.17. The molecule has 0 fully saturated rings. The van der Waals surface area contributed by atoms with Crippen LogP contribution in [0.1, 0.15) is 30.3 Å². The van der Waals surface area contributed by atoms with Crippen molar-refractivity contribution in [3.63, 3.8) is 0 Å². The van der Waals surface area contributed by atoms with Crippen LogP contribution in [0.5, 0.6) is 5.75 Å². The summed E-state index contributed by atoms with van der Waals surface area (Å²) in [4.78, 5) is 0. The van der Waals surface area contributed by atoms with Gasteiger partial charge in [-0.05, 0) is 30.7 Å². The molecule has 1 aromatic heterocycles. The lowest BCUT2D eigenvalue weighted by molar-refractivity contribution is -0.141. The van der Waals surface area contributed by atoms with Crippen LogP contribution in [0, 0.1) is 0 Å². The zero-order valence-corrected chi connectivity index (χ0v) is 11.6. The number of hydrogen-bond acceptors (Lipinski definition) is 3. The van der Waals surface area contributed by atoms with Crippen molar-refractivity contribution in [2.24, 2.45) is 5.73 Å². The number of benzene rings is 1. The van der Waals surface area contributed by atoms with E-state index in [1.54, 1.807) is 38.3 Å². The van der Waals surface area contributed by atoms with Crippen LogP contribution in [0.4, 0.5) is 13.2 Å². The van der Waals surface area contributed by atoms with Gasteiger partial charge >= 0.3 is 6.18 Å². The van der Waals surface area contributed by atoms with E-state index in [4.69, 9.17) is 10.5 Å². The number of rotatable bonds is 4. The van der Waals surface area contributed by atoms with Gasteiger partial charge < -0.3 is 10.5 Å². The third-order valence-corrected chi connectivity index (χ3v) is 3.34. The quantitative estimate of drug-likeness (QED) is 0.943. The normalized spacial score (nSPS) is 14.8. The largest absolute Gasteiger partial charge is 0.497 e. The van der Waals surface area contributed by atoms with Crippen molar-refractivity contribution in [3.8, 4) is 5.75 Å². The van der Waals surface area contributed by atoms with Gasteiger partial charge in [0.25, 0.3) is 0 Å². The Morgan fingerprint density at radius 3 is 2.29 bits per heavy atom. The third kappa shape index (κ3) is 3.36. The molecule has 0 radical (unpaired) electrons. The number of methoxy groups -OCH3 is 1. The number of nitrogens with zero attached hydrogens (tertiary/aromatic N) is 2. The lowest BCUT2D eigenvalue weighted by Crippen LogP contribution is -2.23. The van der Waals surface area contributed by atoms with E-state index in [2.05, 4.69) is 5.10 Å². The molecule has 2 unspecified atom stereocenters. The molecule has 0 saturated heterocycles. The summed E-state index contributed by atoms with van der Waals surface area (Å²) >= 11 is 0. The summed E-state index contributed by atoms with van der Waals surface area (Å²) in [6.07, 6.45) is -3.16.